The number of carbonyl (C=O) groups excluding carboxylic acids is 2. The van der Waals surface area contributed by atoms with E-state index in [2.05, 4.69) is 26.6 Å². The molecule has 5 nitrogen and oxygen atoms in total. The van der Waals surface area contributed by atoms with E-state index >= 15 is 0 Å². The molecule has 2 aromatic rings. The molecule has 3 amide bonds. The molecule has 0 aliphatic rings. The molecule has 0 aliphatic heterocycles. The Morgan fingerprint density at radius 1 is 1.08 bits per heavy atom. The fourth-order valence-corrected chi connectivity index (χ4v) is 2.81. The van der Waals surface area contributed by atoms with Crippen molar-refractivity contribution in [1.29, 1.82) is 0 Å². The average molecular weight is 445 g/mol. The number of likely N-dealkylation sites (N-methyl/N-ethyl adjacent to an activating group) is 1. The molecule has 0 radical (unpaired) electrons. The molecule has 0 aliphatic carbocycles. The van der Waals surface area contributed by atoms with E-state index in [4.69, 9.17) is 23.2 Å². The Hall–Kier alpha value is -1.76. The number of anilines is 2. The number of aryl methyl sites for hydroxylation is 1. The van der Waals surface area contributed by atoms with Crippen LogP contribution < -0.4 is 10.6 Å². The number of rotatable bonds is 4. The molecule has 2 N–H and O–H groups in total. The minimum Gasteiger partial charge on any atom is -0.324 e. The van der Waals surface area contributed by atoms with Gasteiger partial charge in [-0.05, 0) is 48.9 Å². The van der Waals surface area contributed by atoms with Gasteiger partial charge in [-0.15, -0.1) is 0 Å². The van der Waals surface area contributed by atoms with E-state index in [0.717, 1.165) is 10.0 Å². The highest BCUT2D eigenvalue weighted by atomic mass is 79.9. The van der Waals surface area contributed by atoms with E-state index in [1.165, 1.54) is 11.9 Å². The van der Waals surface area contributed by atoms with E-state index in [-0.39, 0.29) is 12.5 Å². The summed E-state index contributed by atoms with van der Waals surface area (Å²) < 4.78 is 0.932. The quantitative estimate of drug-likeness (QED) is 0.683. The SMILES string of the molecule is Cc1cc(Br)ccc1NC(=O)CN(C)C(=O)Nc1ccc(Cl)c(Cl)c1. The van der Waals surface area contributed by atoms with E-state index in [1.54, 1.807) is 24.3 Å². The van der Waals surface area contributed by atoms with Crippen LogP contribution in [0.15, 0.2) is 40.9 Å². The number of hydrogen-bond acceptors (Lipinski definition) is 2. The van der Waals surface area contributed by atoms with Crippen LogP contribution in [0.4, 0.5) is 16.2 Å². The molecule has 0 heterocycles. The molecule has 8 heteroatoms. The third-order valence-corrected chi connectivity index (χ3v) is 4.59. The largest absolute Gasteiger partial charge is 0.324 e. The maximum Gasteiger partial charge on any atom is 0.322 e. The molecule has 132 valence electrons. The number of amides is 3. The average Bonchev–Trinajstić information content (AvgIpc) is 2.53. The lowest BCUT2D eigenvalue weighted by Crippen LogP contribution is -2.37. The molecule has 0 atom stereocenters. The molecule has 25 heavy (non-hydrogen) atoms. The van der Waals surface area contributed by atoms with Crippen LogP contribution in [0.3, 0.4) is 0 Å². The lowest BCUT2D eigenvalue weighted by atomic mass is 10.2. The highest BCUT2D eigenvalue weighted by Crippen LogP contribution is 2.25. The van der Waals surface area contributed by atoms with Gasteiger partial charge in [0.25, 0.3) is 0 Å². The monoisotopic (exact) mass is 443 g/mol. The highest BCUT2D eigenvalue weighted by Gasteiger charge is 2.14. The predicted molar refractivity (Wildman–Crippen MR) is 106 cm³/mol. The summed E-state index contributed by atoms with van der Waals surface area (Å²) in [5, 5.41) is 6.18. The van der Waals surface area contributed by atoms with Crippen molar-refractivity contribution in [3.63, 3.8) is 0 Å². The zero-order chi connectivity index (χ0) is 18.6. The van der Waals surface area contributed by atoms with E-state index in [0.29, 0.717) is 21.4 Å². The van der Waals surface area contributed by atoms with Crippen molar-refractivity contribution in [2.75, 3.05) is 24.2 Å². The van der Waals surface area contributed by atoms with Crippen LogP contribution in [0, 0.1) is 6.92 Å². The summed E-state index contributed by atoms with van der Waals surface area (Å²) in [7, 11) is 1.53. The van der Waals surface area contributed by atoms with Crippen LogP contribution in [-0.4, -0.2) is 30.4 Å². The van der Waals surface area contributed by atoms with Crippen LogP contribution in [0.5, 0.6) is 0 Å². The van der Waals surface area contributed by atoms with E-state index < -0.39 is 6.03 Å². The molecule has 0 bridgehead atoms. The van der Waals surface area contributed by atoms with Crippen molar-refractivity contribution >= 4 is 62.4 Å². The Morgan fingerprint density at radius 3 is 2.44 bits per heavy atom. The number of benzene rings is 2. The summed E-state index contributed by atoms with van der Waals surface area (Å²) in [6.45, 7) is 1.80. The summed E-state index contributed by atoms with van der Waals surface area (Å²) in [5.41, 5.74) is 2.12. The van der Waals surface area contributed by atoms with E-state index in [1.807, 2.05) is 19.1 Å². The van der Waals surface area contributed by atoms with Crippen molar-refractivity contribution in [3.05, 3.63) is 56.5 Å². The Labute approximate surface area is 164 Å². The minimum atomic E-state index is -0.430. The summed E-state index contributed by atoms with van der Waals surface area (Å²) >= 11 is 15.1. The Balaban J connectivity index is 1.93. The molecule has 2 aromatic carbocycles. The second kappa shape index (κ2) is 8.56. The van der Waals surface area contributed by atoms with Crippen LogP contribution in [-0.2, 0) is 4.79 Å². The number of halogens is 3. The number of nitrogens with one attached hydrogen (secondary N) is 2. The van der Waals surface area contributed by atoms with Gasteiger partial charge in [-0.25, -0.2) is 4.79 Å². The molecular weight excluding hydrogens is 429 g/mol. The van der Waals surface area contributed by atoms with Gasteiger partial charge in [-0.2, -0.15) is 0 Å². The Morgan fingerprint density at radius 2 is 1.80 bits per heavy atom. The molecule has 0 saturated carbocycles. The van der Waals surface area contributed by atoms with Crippen molar-refractivity contribution < 1.29 is 9.59 Å². The smallest absolute Gasteiger partial charge is 0.322 e. The van der Waals surface area contributed by atoms with Crippen LogP contribution in [0.25, 0.3) is 0 Å². The van der Waals surface area contributed by atoms with Gasteiger partial charge >= 0.3 is 6.03 Å². The summed E-state index contributed by atoms with van der Waals surface area (Å²) in [6.07, 6.45) is 0. The second-order valence-electron chi connectivity index (χ2n) is 5.42. The van der Waals surface area contributed by atoms with Crippen LogP contribution in [0.1, 0.15) is 5.56 Å². The minimum absolute atomic E-state index is 0.0946. The fourth-order valence-electron chi connectivity index (χ4n) is 2.04. The number of nitrogens with zero attached hydrogens (tertiary/aromatic N) is 1. The van der Waals surface area contributed by atoms with Crippen LogP contribution >= 0.6 is 39.1 Å². The first-order valence-electron chi connectivity index (χ1n) is 7.29. The third-order valence-electron chi connectivity index (χ3n) is 3.36. The third kappa shape index (κ3) is 5.63. The number of carbonyl (C=O) groups is 2. The number of urea groups is 1. The van der Waals surface area contributed by atoms with Gasteiger partial charge in [0.2, 0.25) is 5.91 Å². The Kier molecular flexibility index (Phi) is 6.70. The van der Waals surface area contributed by atoms with Crippen molar-refractivity contribution in [2.24, 2.45) is 0 Å². The fraction of sp³-hybridized carbons (Fsp3) is 0.176. The topological polar surface area (TPSA) is 61.4 Å². The van der Waals surface area contributed by atoms with E-state index in [9.17, 15) is 9.59 Å². The maximum atomic E-state index is 12.2. The van der Waals surface area contributed by atoms with Gasteiger partial charge in [-0.1, -0.05) is 39.1 Å². The first-order valence-corrected chi connectivity index (χ1v) is 8.84. The van der Waals surface area contributed by atoms with Gasteiger partial charge in [0.05, 0.1) is 10.0 Å². The molecule has 0 saturated heterocycles. The Bertz CT molecular complexity index is 814. The lowest BCUT2D eigenvalue weighted by Gasteiger charge is -2.18. The standard InChI is InChI=1S/C17H16BrCl2N3O2/c1-10-7-11(18)3-6-15(10)22-16(24)9-23(2)17(25)21-12-4-5-13(19)14(20)8-12/h3-8H,9H2,1-2H3,(H,21,25)(H,22,24). The molecule has 0 unspecified atom stereocenters. The highest BCUT2D eigenvalue weighted by molar-refractivity contribution is 9.10. The zero-order valence-corrected chi connectivity index (χ0v) is 16.7. The van der Waals surface area contributed by atoms with Gasteiger partial charge < -0.3 is 15.5 Å². The van der Waals surface area contributed by atoms with Gasteiger partial charge in [-0.3, -0.25) is 4.79 Å². The van der Waals surface area contributed by atoms with Crippen molar-refractivity contribution in [3.8, 4) is 0 Å². The predicted octanol–water partition coefficient (Wildman–Crippen LogP) is 5.17. The number of hydrogen-bond donors (Lipinski definition) is 2. The van der Waals surface area contributed by atoms with Crippen molar-refractivity contribution in [1.82, 2.24) is 4.90 Å². The first kappa shape index (κ1) is 19.6. The normalized spacial score (nSPS) is 10.3. The molecular formula is C17H16BrCl2N3O2. The molecule has 0 fully saturated rings. The van der Waals surface area contributed by atoms with Gasteiger partial charge in [0.15, 0.2) is 0 Å². The first-order chi connectivity index (χ1) is 11.8. The molecule has 2 rings (SSSR count). The second-order valence-corrected chi connectivity index (χ2v) is 7.15. The summed E-state index contributed by atoms with van der Waals surface area (Å²) in [6, 6.07) is 9.86. The van der Waals surface area contributed by atoms with Crippen LogP contribution in [0.2, 0.25) is 10.0 Å². The molecule has 0 aromatic heterocycles. The summed E-state index contributed by atoms with van der Waals surface area (Å²) in [4.78, 5) is 25.6. The van der Waals surface area contributed by atoms with Crippen molar-refractivity contribution in [2.45, 2.75) is 6.92 Å². The van der Waals surface area contributed by atoms with Gasteiger partial charge in [0, 0.05) is 22.9 Å². The molecule has 0 spiro atoms. The summed E-state index contributed by atoms with van der Waals surface area (Å²) in [5.74, 6) is -0.294. The van der Waals surface area contributed by atoms with Gasteiger partial charge in [0.1, 0.15) is 6.54 Å². The zero-order valence-electron chi connectivity index (χ0n) is 13.6. The lowest BCUT2D eigenvalue weighted by molar-refractivity contribution is -0.116. The maximum absolute atomic E-state index is 12.2.